The normalized spacial score (nSPS) is 22.6. The number of aromatic nitrogens is 1. The summed E-state index contributed by atoms with van der Waals surface area (Å²) in [5.74, 6) is 1.25. The molecule has 0 spiro atoms. The van der Waals surface area contributed by atoms with Gasteiger partial charge in [0.15, 0.2) is 0 Å². The van der Waals surface area contributed by atoms with Crippen LogP contribution in [0.1, 0.15) is 36.8 Å². The van der Waals surface area contributed by atoms with Gasteiger partial charge in [-0.15, -0.1) is 0 Å². The second kappa shape index (κ2) is 7.50. The number of piperidine rings is 1. The standard InChI is InChI=1S/C22H26N2O2/c1-25-21-12-11-20(22(23-21)26-2)17-13-18-9-6-10-19(14-17)24(18)15-16-7-4-3-5-8-16/h3-5,7-8,11-13,18-19H,6,9-10,14-15H2,1-2H3. The highest BCUT2D eigenvalue weighted by atomic mass is 16.5. The molecule has 1 saturated heterocycles. The van der Waals surface area contributed by atoms with Gasteiger partial charge in [0.2, 0.25) is 11.8 Å². The summed E-state index contributed by atoms with van der Waals surface area (Å²) in [6.07, 6.45) is 7.27. The molecule has 1 aromatic carbocycles. The van der Waals surface area contributed by atoms with E-state index in [2.05, 4.69) is 52.4 Å². The summed E-state index contributed by atoms with van der Waals surface area (Å²) >= 11 is 0. The fourth-order valence-electron chi connectivity index (χ4n) is 4.30. The van der Waals surface area contributed by atoms with Crippen LogP contribution in [0.4, 0.5) is 0 Å². The Hall–Kier alpha value is -2.33. The quantitative estimate of drug-likeness (QED) is 0.805. The molecule has 2 atom stereocenters. The van der Waals surface area contributed by atoms with Gasteiger partial charge in [-0.05, 0) is 36.5 Å². The van der Waals surface area contributed by atoms with Crippen molar-refractivity contribution in [1.29, 1.82) is 0 Å². The lowest BCUT2D eigenvalue weighted by molar-refractivity contribution is 0.0950. The molecule has 1 aromatic heterocycles. The number of benzene rings is 1. The topological polar surface area (TPSA) is 34.6 Å². The van der Waals surface area contributed by atoms with Gasteiger partial charge in [-0.1, -0.05) is 42.8 Å². The lowest BCUT2D eigenvalue weighted by atomic mass is 9.82. The van der Waals surface area contributed by atoms with Crippen LogP contribution in [-0.4, -0.2) is 36.2 Å². The predicted molar refractivity (Wildman–Crippen MR) is 103 cm³/mol. The zero-order valence-electron chi connectivity index (χ0n) is 15.5. The van der Waals surface area contributed by atoms with E-state index in [-0.39, 0.29) is 0 Å². The smallest absolute Gasteiger partial charge is 0.224 e. The average Bonchev–Trinajstić information content (AvgIpc) is 2.68. The second-order valence-corrected chi connectivity index (χ2v) is 7.12. The first-order chi connectivity index (χ1) is 12.8. The Morgan fingerprint density at radius 3 is 2.62 bits per heavy atom. The summed E-state index contributed by atoms with van der Waals surface area (Å²) in [5.41, 5.74) is 3.85. The first kappa shape index (κ1) is 17.1. The van der Waals surface area contributed by atoms with Gasteiger partial charge in [0.1, 0.15) is 0 Å². The number of hydrogen-bond acceptors (Lipinski definition) is 4. The van der Waals surface area contributed by atoms with E-state index in [1.807, 2.05) is 6.07 Å². The number of methoxy groups -OCH3 is 2. The number of hydrogen-bond donors (Lipinski definition) is 0. The zero-order chi connectivity index (χ0) is 17.9. The third-order valence-corrected chi connectivity index (χ3v) is 5.57. The van der Waals surface area contributed by atoms with Crippen LogP contribution >= 0.6 is 0 Å². The number of pyridine rings is 1. The first-order valence-corrected chi connectivity index (χ1v) is 9.38. The minimum Gasteiger partial charge on any atom is -0.481 e. The van der Waals surface area contributed by atoms with Crippen LogP contribution < -0.4 is 9.47 Å². The summed E-state index contributed by atoms with van der Waals surface area (Å²) in [6.45, 7) is 1.03. The molecule has 4 nitrogen and oxygen atoms in total. The Labute approximate surface area is 155 Å². The highest BCUT2D eigenvalue weighted by Crippen LogP contribution is 2.40. The van der Waals surface area contributed by atoms with Gasteiger partial charge < -0.3 is 9.47 Å². The number of ether oxygens (including phenoxy) is 2. The molecule has 0 amide bonds. The van der Waals surface area contributed by atoms with Crippen LogP contribution in [-0.2, 0) is 6.54 Å². The highest BCUT2D eigenvalue weighted by molar-refractivity contribution is 5.71. The van der Waals surface area contributed by atoms with Crippen molar-refractivity contribution in [2.75, 3.05) is 14.2 Å². The molecule has 1 fully saturated rings. The molecule has 3 heterocycles. The molecule has 0 N–H and O–H groups in total. The number of nitrogens with zero attached hydrogens (tertiary/aromatic N) is 2. The van der Waals surface area contributed by atoms with Crippen LogP contribution in [0.15, 0.2) is 48.5 Å². The maximum Gasteiger partial charge on any atom is 0.224 e. The van der Waals surface area contributed by atoms with Gasteiger partial charge in [-0.2, -0.15) is 4.98 Å². The van der Waals surface area contributed by atoms with Gasteiger partial charge >= 0.3 is 0 Å². The van der Waals surface area contributed by atoms with Crippen molar-refractivity contribution in [1.82, 2.24) is 9.88 Å². The average molecular weight is 350 g/mol. The Balaban J connectivity index is 1.62. The monoisotopic (exact) mass is 350 g/mol. The molecule has 2 aromatic rings. The third kappa shape index (κ3) is 3.34. The van der Waals surface area contributed by atoms with E-state index in [1.54, 1.807) is 14.2 Å². The largest absolute Gasteiger partial charge is 0.481 e. The molecule has 0 radical (unpaired) electrons. The minimum absolute atomic E-state index is 0.490. The maximum atomic E-state index is 5.54. The molecule has 26 heavy (non-hydrogen) atoms. The Bertz CT molecular complexity index is 788. The van der Waals surface area contributed by atoms with Crippen molar-refractivity contribution >= 4 is 5.57 Å². The number of fused-ring (bicyclic) bond motifs is 2. The summed E-state index contributed by atoms with van der Waals surface area (Å²) < 4.78 is 10.8. The summed E-state index contributed by atoms with van der Waals surface area (Å²) in [6, 6.07) is 15.9. The van der Waals surface area contributed by atoms with Gasteiger partial charge in [0, 0.05) is 30.3 Å². The van der Waals surface area contributed by atoms with Crippen molar-refractivity contribution in [2.24, 2.45) is 0 Å². The summed E-state index contributed by atoms with van der Waals surface area (Å²) in [7, 11) is 3.31. The van der Waals surface area contributed by atoms with E-state index in [1.165, 1.54) is 30.4 Å². The minimum atomic E-state index is 0.490. The fourth-order valence-corrected chi connectivity index (χ4v) is 4.30. The lowest BCUT2D eigenvalue weighted by Crippen LogP contribution is -2.47. The van der Waals surface area contributed by atoms with Crippen molar-refractivity contribution < 1.29 is 9.47 Å². The zero-order valence-corrected chi connectivity index (χ0v) is 15.5. The molecule has 2 aliphatic rings. The number of rotatable bonds is 5. The molecule has 2 bridgehead atoms. The Morgan fingerprint density at radius 1 is 1.04 bits per heavy atom. The van der Waals surface area contributed by atoms with E-state index in [9.17, 15) is 0 Å². The molecule has 2 unspecified atom stereocenters. The summed E-state index contributed by atoms with van der Waals surface area (Å²) in [5, 5.41) is 0. The van der Waals surface area contributed by atoms with Crippen molar-refractivity contribution in [3.63, 3.8) is 0 Å². The van der Waals surface area contributed by atoms with E-state index in [0.29, 0.717) is 23.8 Å². The SMILES string of the molecule is COc1ccc(C2=CC3CCCC(C2)N3Cc2ccccc2)c(OC)n1. The van der Waals surface area contributed by atoms with Crippen molar-refractivity contribution in [3.8, 4) is 11.8 Å². The van der Waals surface area contributed by atoms with Gasteiger partial charge in [-0.25, -0.2) is 0 Å². The van der Waals surface area contributed by atoms with Gasteiger partial charge in [0.25, 0.3) is 0 Å². The second-order valence-electron chi connectivity index (χ2n) is 7.12. The Morgan fingerprint density at radius 2 is 1.88 bits per heavy atom. The highest BCUT2D eigenvalue weighted by Gasteiger charge is 2.34. The predicted octanol–water partition coefficient (Wildman–Crippen LogP) is 4.31. The van der Waals surface area contributed by atoms with E-state index >= 15 is 0 Å². The molecular weight excluding hydrogens is 324 g/mol. The molecule has 0 aliphatic carbocycles. The van der Waals surface area contributed by atoms with Crippen LogP contribution in [0.2, 0.25) is 0 Å². The first-order valence-electron chi connectivity index (χ1n) is 9.38. The molecule has 0 saturated carbocycles. The van der Waals surface area contributed by atoms with E-state index in [0.717, 1.165) is 18.5 Å². The van der Waals surface area contributed by atoms with Crippen molar-refractivity contribution in [3.05, 3.63) is 59.7 Å². The summed E-state index contributed by atoms with van der Waals surface area (Å²) in [4.78, 5) is 7.14. The fraction of sp³-hybridized carbons (Fsp3) is 0.409. The van der Waals surface area contributed by atoms with Gasteiger partial charge in [0.05, 0.1) is 14.2 Å². The molecule has 136 valence electrons. The van der Waals surface area contributed by atoms with Crippen LogP contribution in [0.25, 0.3) is 5.57 Å². The lowest BCUT2D eigenvalue weighted by Gasteiger charge is -2.45. The third-order valence-electron chi connectivity index (χ3n) is 5.57. The van der Waals surface area contributed by atoms with E-state index < -0.39 is 0 Å². The molecule has 4 heteroatoms. The van der Waals surface area contributed by atoms with Crippen LogP contribution in [0.5, 0.6) is 11.8 Å². The van der Waals surface area contributed by atoms with E-state index in [4.69, 9.17) is 9.47 Å². The van der Waals surface area contributed by atoms with Crippen LogP contribution in [0, 0.1) is 0 Å². The van der Waals surface area contributed by atoms with Gasteiger partial charge in [-0.3, -0.25) is 4.90 Å². The van der Waals surface area contributed by atoms with Crippen molar-refractivity contribution in [2.45, 2.75) is 44.3 Å². The molecular formula is C22H26N2O2. The maximum absolute atomic E-state index is 5.54. The van der Waals surface area contributed by atoms with Crippen LogP contribution in [0.3, 0.4) is 0 Å². The Kier molecular flexibility index (Phi) is 4.93. The molecule has 4 rings (SSSR count). The molecule has 2 aliphatic heterocycles.